The average molecular weight is 583 g/mol. The SMILES string of the molecule is Nc1ncnc2c1ncn2[C@@H]1O[C@H](COP(=O)(O[C@@H](C=O)[C@H](O)[C@H](O)CO)OP(=O)(O)O)[C@@H](O)[C@H]1O.[NaH]. The van der Waals surface area contributed by atoms with E-state index in [-0.39, 0.29) is 52.8 Å². The van der Waals surface area contributed by atoms with Gasteiger partial charge in [0, 0.05) is 0 Å². The van der Waals surface area contributed by atoms with Gasteiger partial charge >= 0.3 is 45.2 Å². The van der Waals surface area contributed by atoms with Crippen LogP contribution in [0.2, 0.25) is 0 Å². The molecule has 1 saturated heterocycles. The summed E-state index contributed by atoms with van der Waals surface area (Å²) in [6, 6.07) is 0. The van der Waals surface area contributed by atoms with Crippen molar-refractivity contribution in [2.75, 3.05) is 18.9 Å². The molecule has 204 valence electrons. The molecule has 3 heterocycles. The number of fused-ring (bicyclic) bond motifs is 1. The minimum atomic E-state index is -5.60. The number of ether oxygens (including phenoxy) is 1. The van der Waals surface area contributed by atoms with Crippen molar-refractivity contribution in [1.82, 2.24) is 19.5 Å². The monoisotopic (exact) mass is 583 g/mol. The number of nitrogens with two attached hydrogens (primary N) is 1. The number of phosphoric acid groups is 2. The molecule has 1 unspecified atom stereocenters. The summed E-state index contributed by atoms with van der Waals surface area (Å²) in [7, 11) is -11.0. The predicted octanol–water partition coefficient (Wildman–Crippen LogP) is -4.09. The van der Waals surface area contributed by atoms with Crippen molar-refractivity contribution >= 4 is 68.5 Å². The zero-order valence-corrected chi connectivity index (χ0v) is 19.7. The molecule has 37 heavy (non-hydrogen) atoms. The van der Waals surface area contributed by atoms with Crippen molar-refractivity contribution in [3.8, 4) is 0 Å². The van der Waals surface area contributed by atoms with E-state index < -0.39 is 71.7 Å². The Balaban J connectivity index is 0.00000481. The number of aromatic nitrogens is 4. The van der Waals surface area contributed by atoms with Crippen molar-refractivity contribution < 1.29 is 67.3 Å². The Hall–Kier alpha value is -0.960. The summed E-state index contributed by atoms with van der Waals surface area (Å²) in [5.74, 6) is 0.0255. The first-order valence-corrected chi connectivity index (χ1v) is 12.9. The second-order valence-electron chi connectivity index (χ2n) is 7.39. The van der Waals surface area contributed by atoms with Crippen molar-refractivity contribution in [2.45, 2.75) is 42.9 Å². The summed E-state index contributed by atoms with van der Waals surface area (Å²) in [5, 5.41) is 49.0. The number of nitrogens with zero attached hydrogens (tertiary/aromatic N) is 4. The first kappa shape index (κ1) is 32.3. The molecule has 1 aliphatic rings. The molecule has 2 aromatic heterocycles. The number of aldehydes is 1. The zero-order valence-electron chi connectivity index (χ0n) is 17.9. The van der Waals surface area contributed by atoms with Crippen LogP contribution in [0.15, 0.2) is 12.7 Å². The molecule has 9 N–H and O–H groups in total. The van der Waals surface area contributed by atoms with Gasteiger partial charge in [-0.05, 0) is 0 Å². The molecule has 0 spiro atoms. The molecule has 1 fully saturated rings. The van der Waals surface area contributed by atoms with Crippen LogP contribution in [0.3, 0.4) is 0 Å². The number of carbonyl (C=O) groups excluding carboxylic acids is 1. The number of aliphatic hydroxyl groups excluding tert-OH is 5. The van der Waals surface area contributed by atoms with Crippen LogP contribution in [0, 0.1) is 0 Å². The van der Waals surface area contributed by atoms with Gasteiger partial charge in [0.2, 0.25) is 0 Å². The fraction of sp³-hybridized carbons (Fsp3) is 0.600. The standard InChI is InChI=1S/C15H23N5O14P2.Na.H/c16-13-9-14(18-4-17-13)20(5-19-9)15-12(26)11(25)8(32-15)3-31-36(30,34-35(27,28)29)33-7(2-22)10(24)6(23)1-21;;/h2,4-8,10-12,15,21,23-26H,1,3H2,(H2,16,17,18)(H2,27,28,29);;/t6-,7+,8-,10-,11-,12-,15-,36?;;/m1../s1. The van der Waals surface area contributed by atoms with E-state index in [0.29, 0.717) is 0 Å². The van der Waals surface area contributed by atoms with Crippen molar-refractivity contribution in [1.29, 1.82) is 0 Å². The molecule has 19 nitrogen and oxygen atoms in total. The fourth-order valence-corrected chi connectivity index (χ4v) is 5.41. The van der Waals surface area contributed by atoms with Gasteiger partial charge in [-0.2, -0.15) is 4.31 Å². The number of carbonyl (C=O) groups is 1. The minimum absolute atomic E-state index is 0. The van der Waals surface area contributed by atoms with Crippen LogP contribution in [0.1, 0.15) is 6.23 Å². The Morgan fingerprint density at radius 2 is 1.86 bits per heavy atom. The molecule has 3 rings (SSSR count). The molecule has 0 radical (unpaired) electrons. The van der Waals surface area contributed by atoms with E-state index in [1.165, 1.54) is 10.9 Å². The van der Waals surface area contributed by atoms with Gasteiger partial charge in [0.25, 0.3) is 0 Å². The molecule has 0 aliphatic carbocycles. The number of anilines is 1. The van der Waals surface area contributed by atoms with Gasteiger partial charge in [-0.1, -0.05) is 0 Å². The first-order valence-electron chi connectivity index (χ1n) is 9.87. The maximum atomic E-state index is 12.9. The number of nitrogen functional groups attached to an aromatic ring is 1. The molecular formula is C15H24N5NaO14P2. The van der Waals surface area contributed by atoms with Crippen molar-refractivity contribution in [3.63, 3.8) is 0 Å². The number of aliphatic hydroxyl groups is 5. The third-order valence-electron chi connectivity index (χ3n) is 4.90. The molecular weight excluding hydrogens is 559 g/mol. The van der Waals surface area contributed by atoms with Crippen LogP contribution in [0.25, 0.3) is 11.2 Å². The zero-order chi connectivity index (χ0) is 26.8. The van der Waals surface area contributed by atoms with E-state index in [1.807, 2.05) is 0 Å². The second-order valence-corrected chi connectivity index (χ2v) is 10.4. The molecule has 0 aromatic carbocycles. The Morgan fingerprint density at radius 3 is 2.46 bits per heavy atom. The van der Waals surface area contributed by atoms with E-state index in [9.17, 15) is 34.4 Å². The Morgan fingerprint density at radius 1 is 1.19 bits per heavy atom. The van der Waals surface area contributed by atoms with E-state index in [2.05, 4.69) is 23.8 Å². The number of phosphoric ester groups is 1. The van der Waals surface area contributed by atoms with Gasteiger partial charge in [0.05, 0.1) is 19.5 Å². The number of hydrogen-bond acceptors (Lipinski definition) is 16. The van der Waals surface area contributed by atoms with E-state index >= 15 is 0 Å². The molecule has 22 heteroatoms. The van der Waals surface area contributed by atoms with Gasteiger partial charge in [-0.3, -0.25) is 13.6 Å². The van der Waals surface area contributed by atoms with Crippen LogP contribution < -0.4 is 5.73 Å². The predicted molar refractivity (Wildman–Crippen MR) is 120 cm³/mol. The van der Waals surface area contributed by atoms with E-state index in [1.54, 1.807) is 0 Å². The van der Waals surface area contributed by atoms with Gasteiger partial charge in [0.1, 0.15) is 42.4 Å². The first-order chi connectivity index (χ1) is 16.8. The van der Waals surface area contributed by atoms with Crippen LogP contribution >= 0.6 is 15.6 Å². The normalized spacial score (nSPS) is 26.2. The van der Waals surface area contributed by atoms with Crippen LogP contribution in [-0.2, 0) is 32.0 Å². The average Bonchev–Trinajstić information content (AvgIpc) is 3.36. The molecule has 0 amide bonds. The summed E-state index contributed by atoms with van der Waals surface area (Å²) in [6.07, 6.45) is -10.5. The van der Waals surface area contributed by atoms with Crippen molar-refractivity contribution in [3.05, 3.63) is 12.7 Å². The van der Waals surface area contributed by atoms with Gasteiger partial charge in [-0.15, -0.1) is 0 Å². The quantitative estimate of drug-likeness (QED) is 0.0669. The Bertz CT molecular complexity index is 1170. The number of hydrogen-bond donors (Lipinski definition) is 8. The molecule has 1 aliphatic heterocycles. The Kier molecular flexibility index (Phi) is 11.3. The second kappa shape index (κ2) is 12.9. The third kappa shape index (κ3) is 7.58. The summed E-state index contributed by atoms with van der Waals surface area (Å²) >= 11 is 0. The maximum absolute atomic E-state index is 12.9. The Labute approximate surface area is 229 Å². The van der Waals surface area contributed by atoms with Gasteiger partial charge in [-0.25, -0.2) is 24.1 Å². The van der Waals surface area contributed by atoms with Crippen LogP contribution in [0.4, 0.5) is 5.82 Å². The summed E-state index contributed by atoms with van der Waals surface area (Å²) < 4.78 is 44.4. The topological polar surface area (TPSA) is 299 Å². The van der Waals surface area contributed by atoms with Crippen molar-refractivity contribution in [2.24, 2.45) is 0 Å². The van der Waals surface area contributed by atoms with Gasteiger partial charge in [0.15, 0.2) is 30.1 Å². The van der Waals surface area contributed by atoms with E-state index in [4.69, 9.17) is 29.9 Å². The summed E-state index contributed by atoms with van der Waals surface area (Å²) in [6.45, 7) is -2.04. The summed E-state index contributed by atoms with van der Waals surface area (Å²) in [4.78, 5) is 41.1. The fourth-order valence-electron chi connectivity index (χ4n) is 3.16. The molecule has 8 atom stereocenters. The third-order valence-corrected chi connectivity index (χ3v) is 7.52. The molecule has 2 aromatic rings. The molecule has 0 saturated carbocycles. The van der Waals surface area contributed by atoms with Gasteiger partial charge < -0.3 is 50.6 Å². The van der Waals surface area contributed by atoms with Crippen LogP contribution in [-0.4, -0.2) is 141 Å². The van der Waals surface area contributed by atoms with Crippen LogP contribution in [0.5, 0.6) is 0 Å². The number of imidazole rings is 1. The number of rotatable bonds is 12. The molecule has 0 bridgehead atoms. The summed E-state index contributed by atoms with van der Waals surface area (Å²) in [5.41, 5.74) is 6.00. The van der Waals surface area contributed by atoms with E-state index in [0.717, 1.165) is 6.33 Å².